The molecule has 0 spiro atoms. The molecule has 0 unspecified atom stereocenters. The molecule has 6 heteroatoms. The van der Waals surface area contributed by atoms with E-state index < -0.39 is 6.10 Å². The van der Waals surface area contributed by atoms with Crippen molar-refractivity contribution >= 4 is 34.8 Å². The molecule has 122 valence electrons. The van der Waals surface area contributed by atoms with E-state index in [1.165, 1.54) is 7.11 Å². The van der Waals surface area contributed by atoms with Gasteiger partial charge in [0.1, 0.15) is 11.5 Å². The average Bonchev–Trinajstić information content (AvgIpc) is 2.51. The standard InChI is InChI=1S/C17H17Cl2NO3/c1-10-8-13(5-6-14(10)19)23-11(2)17(21)20-15-9-12(18)4-7-16(15)22-3/h4-9,11H,1-3H3,(H,20,21)/t11-/m1/s1. The first-order valence-corrected chi connectivity index (χ1v) is 7.73. The zero-order chi connectivity index (χ0) is 17.0. The molecule has 2 aromatic rings. The Hall–Kier alpha value is -1.91. The Morgan fingerprint density at radius 3 is 2.57 bits per heavy atom. The third-order valence-corrected chi connectivity index (χ3v) is 3.89. The number of anilines is 1. The molecule has 0 aliphatic rings. The van der Waals surface area contributed by atoms with Gasteiger partial charge in [0.2, 0.25) is 0 Å². The molecular weight excluding hydrogens is 337 g/mol. The van der Waals surface area contributed by atoms with Crippen LogP contribution in [0.15, 0.2) is 36.4 Å². The fourth-order valence-electron chi connectivity index (χ4n) is 1.96. The molecular formula is C17H17Cl2NO3. The summed E-state index contributed by atoms with van der Waals surface area (Å²) in [5, 5.41) is 3.90. The molecule has 1 atom stereocenters. The van der Waals surface area contributed by atoms with Gasteiger partial charge in [-0.2, -0.15) is 0 Å². The monoisotopic (exact) mass is 353 g/mol. The molecule has 2 rings (SSSR count). The summed E-state index contributed by atoms with van der Waals surface area (Å²) in [7, 11) is 1.52. The van der Waals surface area contributed by atoms with Crippen LogP contribution in [0.3, 0.4) is 0 Å². The molecule has 0 radical (unpaired) electrons. The summed E-state index contributed by atoms with van der Waals surface area (Å²) in [5.41, 5.74) is 1.38. The predicted molar refractivity (Wildman–Crippen MR) is 92.9 cm³/mol. The van der Waals surface area contributed by atoms with E-state index >= 15 is 0 Å². The van der Waals surface area contributed by atoms with Gasteiger partial charge in [-0.05, 0) is 55.8 Å². The summed E-state index contributed by atoms with van der Waals surface area (Å²) >= 11 is 11.9. The number of halogens is 2. The van der Waals surface area contributed by atoms with Gasteiger partial charge in [0, 0.05) is 10.0 Å². The molecule has 2 aromatic carbocycles. The highest BCUT2D eigenvalue weighted by atomic mass is 35.5. The van der Waals surface area contributed by atoms with E-state index in [0.717, 1.165) is 5.56 Å². The van der Waals surface area contributed by atoms with E-state index in [1.807, 2.05) is 6.92 Å². The van der Waals surface area contributed by atoms with Gasteiger partial charge in [0.05, 0.1) is 12.8 Å². The van der Waals surface area contributed by atoms with E-state index in [-0.39, 0.29) is 5.91 Å². The molecule has 1 amide bonds. The molecule has 0 bridgehead atoms. The van der Waals surface area contributed by atoms with Crippen molar-refractivity contribution in [2.45, 2.75) is 20.0 Å². The quantitative estimate of drug-likeness (QED) is 0.845. The number of hydrogen-bond donors (Lipinski definition) is 1. The smallest absolute Gasteiger partial charge is 0.265 e. The number of nitrogens with one attached hydrogen (secondary N) is 1. The maximum Gasteiger partial charge on any atom is 0.265 e. The Bertz CT molecular complexity index is 719. The first-order chi connectivity index (χ1) is 10.9. The molecule has 0 aliphatic heterocycles. The molecule has 1 N–H and O–H groups in total. The lowest BCUT2D eigenvalue weighted by molar-refractivity contribution is -0.122. The maximum absolute atomic E-state index is 12.3. The molecule has 0 heterocycles. The van der Waals surface area contributed by atoms with Crippen LogP contribution < -0.4 is 14.8 Å². The van der Waals surface area contributed by atoms with Crippen molar-refractivity contribution in [2.75, 3.05) is 12.4 Å². The van der Waals surface area contributed by atoms with Crippen LogP contribution in [0.25, 0.3) is 0 Å². The van der Waals surface area contributed by atoms with Gasteiger partial charge in [-0.3, -0.25) is 4.79 Å². The molecule has 0 saturated heterocycles. The number of rotatable bonds is 5. The summed E-state index contributed by atoms with van der Waals surface area (Å²) in [6.07, 6.45) is -0.695. The van der Waals surface area contributed by atoms with Crippen LogP contribution in [0, 0.1) is 6.92 Å². The van der Waals surface area contributed by atoms with Crippen molar-refractivity contribution in [2.24, 2.45) is 0 Å². The first kappa shape index (κ1) is 17.4. The van der Waals surface area contributed by atoms with Crippen molar-refractivity contribution in [3.8, 4) is 11.5 Å². The van der Waals surface area contributed by atoms with E-state index in [0.29, 0.717) is 27.2 Å². The number of amides is 1. The summed E-state index contributed by atoms with van der Waals surface area (Å²) in [4.78, 5) is 12.3. The Balaban J connectivity index is 2.08. The number of methoxy groups -OCH3 is 1. The molecule has 0 aromatic heterocycles. The number of benzene rings is 2. The van der Waals surface area contributed by atoms with Crippen LogP contribution in [0.1, 0.15) is 12.5 Å². The molecule has 23 heavy (non-hydrogen) atoms. The number of carbonyl (C=O) groups excluding carboxylic acids is 1. The van der Waals surface area contributed by atoms with Gasteiger partial charge >= 0.3 is 0 Å². The Morgan fingerprint density at radius 1 is 1.17 bits per heavy atom. The Labute approximate surface area is 145 Å². The summed E-state index contributed by atoms with van der Waals surface area (Å²) in [6, 6.07) is 10.2. The second-order valence-electron chi connectivity index (χ2n) is 5.00. The normalized spacial score (nSPS) is 11.7. The summed E-state index contributed by atoms with van der Waals surface area (Å²) < 4.78 is 10.8. The lowest BCUT2D eigenvalue weighted by Crippen LogP contribution is -2.30. The Kier molecular flexibility index (Phi) is 5.74. The number of carbonyl (C=O) groups is 1. The molecule has 0 aliphatic carbocycles. The van der Waals surface area contributed by atoms with E-state index in [2.05, 4.69) is 5.32 Å². The fourth-order valence-corrected chi connectivity index (χ4v) is 2.25. The predicted octanol–water partition coefficient (Wildman–Crippen LogP) is 4.72. The lowest BCUT2D eigenvalue weighted by Gasteiger charge is -2.16. The SMILES string of the molecule is COc1ccc(Cl)cc1NC(=O)[C@@H](C)Oc1ccc(Cl)c(C)c1. The molecule has 0 fully saturated rings. The zero-order valence-corrected chi connectivity index (χ0v) is 14.5. The second-order valence-corrected chi connectivity index (χ2v) is 5.85. The van der Waals surface area contributed by atoms with Crippen molar-refractivity contribution in [3.05, 3.63) is 52.0 Å². The first-order valence-electron chi connectivity index (χ1n) is 6.98. The van der Waals surface area contributed by atoms with Gasteiger partial charge in [-0.1, -0.05) is 23.2 Å². The van der Waals surface area contributed by atoms with E-state index in [9.17, 15) is 4.79 Å². The largest absolute Gasteiger partial charge is 0.495 e. The minimum absolute atomic E-state index is 0.307. The van der Waals surface area contributed by atoms with Crippen LogP contribution in [0.5, 0.6) is 11.5 Å². The zero-order valence-electron chi connectivity index (χ0n) is 13.0. The van der Waals surface area contributed by atoms with Gasteiger partial charge < -0.3 is 14.8 Å². The van der Waals surface area contributed by atoms with Crippen LogP contribution in [-0.2, 0) is 4.79 Å². The number of hydrogen-bond acceptors (Lipinski definition) is 3. The highest BCUT2D eigenvalue weighted by molar-refractivity contribution is 6.31. The van der Waals surface area contributed by atoms with Crippen LogP contribution in [-0.4, -0.2) is 19.1 Å². The van der Waals surface area contributed by atoms with E-state index in [1.54, 1.807) is 43.3 Å². The topological polar surface area (TPSA) is 47.6 Å². The number of aryl methyl sites for hydroxylation is 1. The maximum atomic E-state index is 12.3. The average molecular weight is 354 g/mol. The highest BCUT2D eigenvalue weighted by Crippen LogP contribution is 2.28. The molecule has 4 nitrogen and oxygen atoms in total. The van der Waals surface area contributed by atoms with Crippen LogP contribution in [0.4, 0.5) is 5.69 Å². The third kappa shape index (κ3) is 4.53. The van der Waals surface area contributed by atoms with Gasteiger partial charge in [0.15, 0.2) is 6.10 Å². The van der Waals surface area contributed by atoms with Gasteiger partial charge in [-0.15, -0.1) is 0 Å². The van der Waals surface area contributed by atoms with Crippen molar-refractivity contribution in [1.29, 1.82) is 0 Å². The third-order valence-electron chi connectivity index (χ3n) is 3.23. The summed E-state index contributed by atoms with van der Waals surface area (Å²) in [6.45, 7) is 3.53. The highest BCUT2D eigenvalue weighted by Gasteiger charge is 2.17. The minimum atomic E-state index is -0.695. The van der Waals surface area contributed by atoms with Gasteiger partial charge in [-0.25, -0.2) is 0 Å². The van der Waals surface area contributed by atoms with Gasteiger partial charge in [0.25, 0.3) is 5.91 Å². The minimum Gasteiger partial charge on any atom is -0.495 e. The van der Waals surface area contributed by atoms with Crippen molar-refractivity contribution in [3.63, 3.8) is 0 Å². The fraction of sp³-hybridized carbons (Fsp3) is 0.235. The molecule has 0 saturated carbocycles. The van der Waals surface area contributed by atoms with Crippen molar-refractivity contribution in [1.82, 2.24) is 0 Å². The number of ether oxygens (including phenoxy) is 2. The van der Waals surface area contributed by atoms with Crippen LogP contribution >= 0.6 is 23.2 Å². The lowest BCUT2D eigenvalue weighted by atomic mass is 10.2. The van der Waals surface area contributed by atoms with Crippen molar-refractivity contribution < 1.29 is 14.3 Å². The van der Waals surface area contributed by atoms with Crippen LogP contribution in [0.2, 0.25) is 10.0 Å². The summed E-state index contributed by atoms with van der Waals surface area (Å²) in [5.74, 6) is 0.795. The Morgan fingerprint density at radius 2 is 1.91 bits per heavy atom. The van der Waals surface area contributed by atoms with E-state index in [4.69, 9.17) is 32.7 Å². The second kappa shape index (κ2) is 7.57.